The standard InChI is InChI=1S/C12H15BrClN/c1-3-15-9(2)4-5-10-6-7-11(13)12(14)8-10/h4-9,15H,3H2,1-2H3/b5-4+. The van der Waals surface area contributed by atoms with Crippen LogP contribution in [0.1, 0.15) is 19.4 Å². The highest BCUT2D eigenvalue weighted by Crippen LogP contribution is 2.23. The molecule has 3 heteroatoms. The van der Waals surface area contributed by atoms with E-state index in [0.29, 0.717) is 6.04 Å². The van der Waals surface area contributed by atoms with Crippen LogP contribution in [0.3, 0.4) is 0 Å². The normalized spacial score (nSPS) is 13.3. The Labute approximate surface area is 105 Å². The lowest BCUT2D eigenvalue weighted by molar-refractivity contribution is 0.663. The molecule has 0 aliphatic rings. The van der Waals surface area contributed by atoms with Gasteiger partial charge in [0.25, 0.3) is 0 Å². The molecule has 0 aliphatic heterocycles. The first-order valence-corrected chi connectivity index (χ1v) is 6.17. The van der Waals surface area contributed by atoms with Gasteiger partial charge in [-0.1, -0.05) is 36.7 Å². The molecular weight excluding hydrogens is 273 g/mol. The van der Waals surface area contributed by atoms with Gasteiger partial charge in [-0.2, -0.15) is 0 Å². The molecule has 1 rings (SSSR count). The molecule has 0 aromatic heterocycles. The summed E-state index contributed by atoms with van der Waals surface area (Å²) in [7, 11) is 0. The van der Waals surface area contributed by atoms with E-state index in [-0.39, 0.29) is 0 Å². The predicted molar refractivity (Wildman–Crippen MR) is 71.3 cm³/mol. The third kappa shape index (κ3) is 4.37. The molecule has 0 fully saturated rings. The highest BCUT2D eigenvalue weighted by atomic mass is 79.9. The molecule has 0 spiro atoms. The Balaban J connectivity index is 2.68. The molecule has 0 amide bonds. The van der Waals surface area contributed by atoms with Gasteiger partial charge in [0.2, 0.25) is 0 Å². The second-order valence-electron chi connectivity index (χ2n) is 3.38. The topological polar surface area (TPSA) is 12.0 Å². The van der Waals surface area contributed by atoms with Gasteiger partial charge in [-0.3, -0.25) is 0 Å². The summed E-state index contributed by atoms with van der Waals surface area (Å²) in [6, 6.07) is 6.32. The number of benzene rings is 1. The van der Waals surface area contributed by atoms with Crippen molar-refractivity contribution in [2.24, 2.45) is 0 Å². The summed E-state index contributed by atoms with van der Waals surface area (Å²) in [6.45, 7) is 5.20. The second kappa shape index (κ2) is 6.31. The molecule has 0 radical (unpaired) electrons. The maximum atomic E-state index is 5.99. The van der Waals surface area contributed by atoms with Gasteiger partial charge in [0.15, 0.2) is 0 Å². The highest BCUT2D eigenvalue weighted by molar-refractivity contribution is 9.10. The second-order valence-corrected chi connectivity index (χ2v) is 4.64. The molecule has 1 atom stereocenters. The first-order valence-electron chi connectivity index (χ1n) is 5.00. The first-order chi connectivity index (χ1) is 7.13. The minimum atomic E-state index is 0.387. The van der Waals surface area contributed by atoms with Crippen LogP contribution in [-0.4, -0.2) is 12.6 Å². The van der Waals surface area contributed by atoms with Crippen molar-refractivity contribution in [1.29, 1.82) is 0 Å². The zero-order chi connectivity index (χ0) is 11.3. The first kappa shape index (κ1) is 12.8. The van der Waals surface area contributed by atoms with Gasteiger partial charge in [-0.05, 0) is 47.1 Å². The fourth-order valence-electron chi connectivity index (χ4n) is 1.26. The van der Waals surface area contributed by atoms with Crippen LogP contribution in [0.4, 0.5) is 0 Å². The average Bonchev–Trinajstić information content (AvgIpc) is 2.20. The van der Waals surface area contributed by atoms with Crippen LogP contribution < -0.4 is 5.32 Å². The average molecular weight is 289 g/mol. The molecule has 15 heavy (non-hydrogen) atoms. The van der Waals surface area contributed by atoms with Crippen molar-refractivity contribution in [3.8, 4) is 0 Å². The summed E-state index contributed by atoms with van der Waals surface area (Å²) in [5, 5.41) is 4.06. The smallest absolute Gasteiger partial charge is 0.0554 e. The lowest BCUT2D eigenvalue weighted by Gasteiger charge is -2.05. The van der Waals surface area contributed by atoms with Crippen LogP contribution in [0.2, 0.25) is 5.02 Å². The third-order valence-electron chi connectivity index (χ3n) is 2.05. The summed E-state index contributed by atoms with van der Waals surface area (Å²) in [5.41, 5.74) is 1.12. The monoisotopic (exact) mass is 287 g/mol. The molecule has 0 bridgehead atoms. The van der Waals surface area contributed by atoms with Crippen molar-refractivity contribution in [3.63, 3.8) is 0 Å². The maximum absolute atomic E-state index is 5.99. The van der Waals surface area contributed by atoms with E-state index in [1.807, 2.05) is 18.2 Å². The van der Waals surface area contributed by atoms with Crippen molar-refractivity contribution < 1.29 is 0 Å². The SMILES string of the molecule is CCNC(C)/C=C/c1ccc(Br)c(Cl)c1. The van der Waals surface area contributed by atoms with Crippen molar-refractivity contribution in [1.82, 2.24) is 5.32 Å². The summed E-state index contributed by atoms with van der Waals surface area (Å²) in [6.07, 6.45) is 4.20. The third-order valence-corrected chi connectivity index (χ3v) is 3.28. The van der Waals surface area contributed by atoms with Crippen LogP contribution in [-0.2, 0) is 0 Å². The number of hydrogen-bond acceptors (Lipinski definition) is 1. The number of rotatable bonds is 4. The molecule has 1 aromatic carbocycles. The van der Waals surface area contributed by atoms with Crippen molar-refractivity contribution in [2.45, 2.75) is 19.9 Å². The Bertz CT molecular complexity index is 349. The van der Waals surface area contributed by atoms with Gasteiger partial charge >= 0.3 is 0 Å². The summed E-state index contributed by atoms with van der Waals surface area (Å²) >= 11 is 9.36. The molecule has 1 aromatic rings. The van der Waals surface area contributed by atoms with Gasteiger partial charge in [0.05, 0.1) is 5.02 Å². The summed E-state index contributed by atoms with van der Waals surface area (Å²) < 4.78 is 0.932. The van der Waals surface area contributed by atoms with Crippen LogP contribution in [0.25, 0.3) is 6.08 Å². The van der Waals surface area contributed by atoms with E-state index in [4.69, 9.17) is 11.6 Å². The molecule has 1 N–H and O–H groups in total. The molecular formula is C12H15BrClN. The Morgan fingerprint density at radius 3 is 2.87 bits per heavy atom. The quantitative estimate of drug-likeness (QED) is 0.879. The number of likely N-dealkylation sites (N-methyl/N-ethyl adjacent to an activating group) is 1. The highest BCUT2D eigenvalue weighted by Gasteiger charge is 1.97. The van der Waals surface area contributed by atoms with Gasteiger partial charge in [0, 0.05) is 10.5 Å². The minimum absolute atomic E-state index is 0.387. The zero-order valence-corrected chi connectivity index (χ0v) is 11.3. The van der Waals surface area contributed by atoms with E-state index in [2.05, 4.69) is 47.2 Å². The van der Waals surface area contributed by atoms with Gasteiger partial charge in [-0.25, -0.2) is 0 Å². The molecule has 0 aliphatic carbocycles. The predicted octanol–water partition coefficient (Wildman–Crippen LogP) is 4.11. The molecule has 0 saturated carbocycles. The fourth-order valence-corrected chi connectivity index (χ4v) is 1.70. The van der Waals surface area contributed by atoms with Gasteiger partial charge < -0.3 is 5.32 Å². The number of nitrogens with one attached hydrogen (secondary N) is 1. The lowest BCUT2D eigenvalue weighted by Crippen LogP contribution is -2.22. The molecule has 1 nitrogen and oxygen atoms in total. The van der Waals surface area contributed by atoms with Crippen molar-refractivity contribution >= 4 is 33.6 Å². The van der Waals surface area contributed by atoms with Crippen molar-refractivity contribution in [2.75, 3.05) is 6.54 Å². The Kier molecular flexibility index (Phi) is 5.37. The molecule has 0 heterocycles. The Morgan fingerprint density at radius 1 is 1.53 bits per heavy atom. The van der Waals surface area contributed by atoms with Crippen molar-refractivity contribution in [3.05, 3.63) is 39.3 Å². The van der Waals surface area contributed by atoms with E-state index in [1.165, 1.54) is 0 Å². The Morgan fingerprint density at radius 2 is 2.27 bits per heavy atom. The summed E-state index contributed by atoms with van der Waals surface area (Å²) in [4.78, 5) is 0. The van der Waals surface area contributed by atoms with Gasteiger partial charge in [-0.15, -0.1) is 0 Å². The Hall–Kier alpha value is -0.310. The van der Waals surface area contributed by atoms with Gasteiger partial charge in [0.1, 0.15) is 0 Å². The zero-order valence-electron chi connectivity index (χ0n) is 8.93. The van der Waals surface area contributed by atoms with E-state index < -0.39 is 0 Å². The van der Waals surface area contributed by atoms with Crippen LogP contribution in [0.5, 0.6) is 0 Å². The maximum Gasteiger partial charge on any atom is 0.0554 e. The molecule has 0 saturated heterocycles. The lowest BCUT2D eigenvalue weighted by atomic mass is 10.2. The molecule has 1 unspecified atom stereocenters. The molecule has 82 valence electrons. The van der Waals surface area contributed by atoms with E-state index in [0.717, 1.165) is 21.6 Å². The number of halogens is 2. The van der Waals surface area contributed by atoms with Crippen LogP contribution in [0.15, 0.2) is 28.7 Å². The van der Waals surface area contributed by atoms with E-state index in [9.17, 15) is 0 Å². The fraction of sp³-hybridized carbons (Fsp3) is 0.333. The van der Waals surface area contributed by atoms with E-state index >= 15 is 0 Å². The van der Waals surface area contributed by atoms with Crippen LogP contribution in [0, 0.1) is 0 Å². The summed E-state index contributed by atoms with van der Waals surface area (Å²) in [5.74, 6) is 0. The minimum Gasteiger partial charge on any atom is -0.311 e. The van der Waals surface area contributed by atoms with E-state index in [1.54, 1.807) is 0 Å². The number of hydrogen-bond donors (Lipinski definition) is 1. The largest absolute Gasteiger partial charge is 0.311 e. The van der Waals surface area contributed by atoms with Crippen LogP contribution >= 0.6 is 27.5 Å².